The van der Waals surface area contributed by atoms with Gasteiger partial charge in [-0.3, -0.25) is 19.6 Å². The Morgan fingerprint density at radius 2 is 2.17 bits per heavy atom. The van der Waals surface area contributed by atoms with Gasteiger partial charge in [-0.2, -0.15) is 0 Å². The second kappa shape index (κ2) is 9.25. The van der Waals surface area contributed by atoms with Crippen molar-refractivity contribution in [3.05, 3.63) is 42.5 Å². The molecule has 0 N–H and O–H groups in total. The summed E-state index contributed by atoms with van der Waals surface area (Å²) in [7, 11) is 0. The van der Waals surface area contributed by atoms with E-state index in [0.29, 0.717) is 24.0 Å². The lowest BCUT2D eigenvalue weighted by atomic mass is 10.3. The third-order valence-corrected chi connectivity index (χ3v) is 5.72. The Bertz CT molecular complexity index is 959. The summed E-state index contributed by atoms with van der Waals surface area (Å²) in [5.41, 5.74) is 1.08. The van der Waals surface area contributed by atoms with Gasteiger partial charge in [0.15, 0.2) is 5.13 Å². The Hall–Kier alpha value is -2.62. The van der Waals surface area contributed by atoms with Crippen LogP contribution < -0.4 is 9.64 Å². The van der Waals surface area contributed by atoms with Crippen molar-refractivity contribution in [1.82, 2.24) is 19.9 Å². The van der Waals surface area contributed by atoms with Gasteiger partial charge in [0.25, 0.3) is 5.91 Å². The predicted octanol–water partition coefficient (Wildman–Crippen LogP) is 2.46. The van der Waals surface area contributed by atoms with Gasteiger partial charge in [-0.15, -0.1) is 0 Å². The smallest absolute Gasteiger partial charge is 0.280 e. The van der Waals surface area contributed by atoms with E-state index in [1.54, 1.807) is 11.1 Å². The average Bonchev–Trinajstić information content (AvgIpc) is 3.20. The Kier molecular flexibility index (Phi) is 6.28. The fraction of sp³-hybridized carbons (Fsp3) is 0.400. The zero-order valence-corrected chi connectivity index (χ0v) is 17.1. The molecule has 0 saturated carbocycles. The van der Waals surface area contributed by atoms with Crippen LogP contribution in [0.2, 0.25) is 0 Å². The monoisotopic (exact) mass is 413 g/mol. The standard InChI is InChI=1S/C20H23N5O3S/c1-2-28-16-4-3-5-17-18(16)23-20(29-17)25(9-8-24-10-12-27-13-11-24)19(26)15-14-21-6-7-22-15/h3-7,14H,2,8-13H2,1H3. The van der Waals surface area contributed by atoms with Crippen LogP contribution in [-0.2, 0) is 4.74 Å². The molecule has 3 aromatic rings. The molecule has 152 valence electrons. The van der Waals surface area contributed by atoms with Crippen LogP contribution in [0.3, 0.4) is 0 Å². The molecule has 4 rings (SSSR count). The lowest BCUT2D eigenvalue weighted by Crippen LogP contribution is -2.43. The molecule has 0 spiro atoms. The van der Waals surface area contributed by atoms with Crippen LogP contribution in [0.1, 0.15) is 17.4 Å². The molecule has 0 bridgehead atoms. The number of amides is 1. The molecular weight excluding hydrogens is 390 g/mol. The largest absolute Gasteiger partial charge is 0.492 e. The number of rotatable bonds is 7. The summed E-state index contributed by atoms with van der Waals surface area (Å²) >= 11 is 1.48. The van der Waals surface area contributed by atoms with Crippen LogP contribution >= 0.6 is 11.3 Å². The van der Waals surface area contributed by atoms with Crippen molar-refractivity contribution in [2.75, 3.05) is 50.9 Å². The van der Waals surface area contributed by atoms with Crippen molar-refractivity contribution < 1.29 is 14.3 Å². The molecule has 9 heteroatoms. The van der Waals surface area contributed by atoms with Crippen molar-refractivity contribution in [2.45, 2.75) is 6.92 Å². The quantitative estimate of drug-likeness (QED) is 0.589. The molecule has 2 aromatic heterocycles. The van der Waals surface area contributed by atoms with E-state index < -0.39 is 0 Å². The van der Waals surface area contributed by atoms with Crippen LogP contribution in [0.4, 0.5) is 5.13 Å². The molecule has 1 saturated heterocycles. The summed E-state index contributed by atoms with van der Waals surface area (Å²) in [5, 5.41) is 0.635. The zero-order chi connectivity index (χ0) is 20.1. The van der Waals surface area contributed by atoms with E-state index in [-0.39, 0.29) is 5.91 Å². The number of benzene rings is 1. The summed E-state index contributed by atoms with van der Waals surface area (Å²) in [6, 6.07) is 5.84. The van der Waals surface area contributed by atoms with E-state index in [0.717, 1.165) is 48.8 Å². The summed E-state index contributed by atoms with van der Waals surface area (Å²) in [4.78, 5) is 30.2. The molecule has 1 aliphatic rings. The van der Waals surface area contributed by atoms with Gasteiger partial charge in [0.2, 0.25) is 0 Å². The number of carbonyl (C=O) groups excluding carboxylic acids is 1. The number of para-hydroxylation sites is 1. The number of morpholine rings is 1. The SMILES string of the molecule is CCOc1cccc2sc(N(CCN3CCOCC3)C(=O)c3cnccn3)nc12. The minimum atomic E-state index is -0.205. The van der Waals surface area contributed by atoms with Crippen LogP contribution in [0.25, 0.3) is 10.2 Å². The van der Waals surface area contributed by atoms with E-state index in [1.165, 1.54) is 23.7 Å². The van der Waals surface area contributed by atoms with Crippen molar-refractivity contribution in [3.63, 3.8) is 0 Å². The number of ether oxygens (including phenoxy) is 2. The lowest BCUT2D eigenvalue weighted by Gasteiger charge is -2.29. The second-order valence-electron chi connectivity index (χ2n) is 6.53. The Labute approximate surface area is 173 Å². The van der Waals surface area contributed by atoms with Crippen LogP contribution in [0, 0.1) is 0 Å². The number of hydrogen-bond acceptors (Lipinski definition) is 8. The predicted molar refractivity (Wildman–Crippen MR) is 112 cm³/mol. The summed E-state index contributed by atoms with van der Waals surface area (Å²) in [5.74, 6) is 0.524. The molecule has 29 heavy (non-hydrogen) atoms. The number of hydrogen-bond donors (Lipinski definition) is 0. The topological polar surface area (TPSA) is 80.7 Å². The summed E-state index contributed by atoms with van der Waals surface area (Å²) in [6.45, 7) is 6.92. The normalized spacial score (nSPS) is 14.8. The highest BCUT2D eigenvalue weighted by Crippen LogP contribution is 2.34. The number of anilines is 1. The van der Waals surface area contributed by atoms with Crippen LogP contribution in [0.5, 0.6) is 5.75 Å². The maximum absolute atomic E-state index is 13.2. The summed E-state index contributed by atoms with van der Waals surface area (Å²) in [6.07, 6.45) is 4.57. The average molecular weight is 414 g/mol. The van der Waals surface area contributed by atoms with Gasteiger partial charge < -0.3 is 9.47 Å². The molecule has 0 atom stereocenters. The molecular formula is C20H23N5O3S. The van der Waals surface area contributed by atoms with Gasteiger partial charge >= 0.3 is 0 Å². The minimum Gasteiger partial charge on any atom is -0.492 e. The van der Waals surface area contributed by atoms with E-state index in [4.69, 9.17) is 14.5 Å². The molecule has 1 amide bonds. The zero-order valence-electron chi connectivity index (χ0n) is 16.3. The number of thiazole rings is 1. The van der Waals surface area contributed by atoms with Crippen LogP contribution in [0.15, 0.2) is 36.8 Å². The first-order valence-corrected chi connectivity index (χ1v) is 10.5. The van der Waals surface area contributed by atoms with Gasteiger partial charge in [0.05, 0.1) is 30.7 Å². The Balaban J connectivity index is 1.64. The third-order valence-electron chi connectivity index (χ3n) is 4.67. The first kappa shape index (κ1) is 19.7. The maximum Gasteiger partial charge on any atom is 0.280 e. The number of carbonyl (C=O) groups is 1. The number of aromatic nitrogens is 3. The molecule has 3 heterocycles. The van der Waals surface area contributed by atoms with Crippen molar-refractivity contribution in [3.8, 4) is 5.75 Å². The first-order valence-electron chi connectivity index (χ1n) is 9.66. The van der Waals surface area contributed by atoms with Crippen LogP contribution in [-0.4, -0.2) is 71.8 Å². The molecule has 1 fully saturated rings. The number of fused-ring (bicyclic) bond motifs is 1. The lowest BCUT2D eigenvalue weighted by molar-refractivity contribution is 0.0391. The first-order chi connectivity index (χ1) is 14.3. The van der Waals surface area contributed by atoms with Crippen molar-refractivity contribution in [1.29, 1.82) is 0 Å². The molecule has 0 radical (unpaired) electrons. The molecule has 1 aromatic carbocycles. The molecule has 0 aliphatic carbocycles. The van der Waals surface area contributed by atoms with E-state index in [2.05, 4.69) is 14.9 Å². The van der Waals surface area contributed by atoms with Gasteiger partial charge in [-0.1, -0.05) is 17.4 Å². The second-order valence-corrected chi connectivity index (χ2v) is 7.54. The highest BCUT2D eigenvalue weighted by Gasteiger charge is 2.24. The van der Waals surface area contributed by atoms with E-state index in [1.807, 2.05) is 25.1 Å². The van der Waals surface area contributed by atoms with E-state index in [9.17, 15) is 4.79 Å². The highest BCUT2D eigenvalue weighted by molar-refractivity contribution is 7.22. The summed E-state index contributed by atoms with van der Waals surface area (Å²) < 4.78 is 12.1. The van der Waals surface area contributed by atoms with Gasteiger partial charge in [0.1, 0.15) is 17.0 Å². The molecule has 1 aliphatic heterocycles. The van der Waals surface area contributed by atoms with Gasteiger partial charge in [0, 0.05) is 38.6 Å². The van der Waals surface area contributed by atoms with Crippen molar-refractivity contribution >= 4 is 32.6 Å². The molecule has 8 nitrogen and oxygen atoms in total. The minimum absolute atomic E-state index is 0.205. The van der Waals surface area contributed by atoms with Gasteiger partial charge in [-0.05, 0) is 19.1 Å². The number of nitrogens with zero attached hydrogens (tertiary/aromatic N) is 5. The fourth-order valence-corrected chi connectivity index (χ4v) is 4.20. The van der Waals surface area contributed by atoms with Crippen molar-refractivity contribution in [2.24, 2.45) is 0 Å². The van der Waals surface area contributed by atoms with E-state index >= 15 is 0 Å². The fourth-order valence-electron chi connectivity index (χ4n) is 3.20. The highest BCUT2D eigenvalue weighted by atomic mass is 32.1. The maximum atomic E-state index is 13.2. The Morgan fingerprint density at radius 3 is 2.93 bits per heavy atom. The Morgan fingerprint density at radius 1 is 1.31 bits per heavy atom. The van der Waals surface area contributed by atoms with Gasteiger partial charge in [-0.25, -0.2) is 9.97 Å². The third kappa shape index (κ3) is 4.52. The molecule has 0 unspecified atom stereocenters.